The van der Waals surface area contributed by atoms with E-state index in [9.17, 15) is 5.11 Å². The number of halogens is 2. The molecular weight excluding hydrogens is 336 g/mol. The fourth-order valence-electron chi connectivity index (χ4n) is 2.39. The standard InChI is InChI=1S/C17H12BrClO/c18-15-10-9-13(11-5-1-2-6-12(11)15)17(20)14-7-3-4-8-16(14)19/h1-10,17,20H. The van der Waals surface area contributed by atoms with Crippen LogP contribution in [-0.2, 0) is 0 Å². The minimum atomic E-state index is -0.735. The SMILES string of the molecule is OC(c1ccccc1Cl)c1ccc(Br)c2ccccc12. The van der Waals surface area contributed by atoms with Crippen LogP contribution in [0, 0.1) is 0 Å². The average Bonchev–Trinajstić information content (AvgIpc) is 2.48. The van der Waals surface area contributed by atoms with Gasteiger partial charge in [0.1, 0.15) is 6.10 Å². The van der Waals surface area contributed by atoms with E-state index in [1.807, 2.05) is 54.6 Å². The normalized spacial score (nSPS) is 12.6. The topological polar surface area (TPSA) is 20.2 Å². The van der Waals surface area contributed by atoms with Crippen molar-refractivity contribution in [2.45, 2.75) is 6.10 Å². The molecule has 3 heteroatoms. The predicted molar refractivity (Wildman–Crippen MR) is 87.2 cm³/mol. The van der Waals surface area contributed by atoms with E-state index in [4.69, 9.17) is 11.6 Å². The maximum atomic E-state index is 10.7. The molecule has 0 aliphatic heterocycles. The lowest BCUT2D eigenvalue weighted by Gasteiger charge is -2.16. The highest BCUT2D eigenvalue weighted by Gasteiger charge is 2.16. The van der Waals surface area contributed by atoms with Crippen LogP contribution in [0.1, 0.15) is 17.2 Å². The summed E-state index contributed by atoms with van der Waals surface area (Å²) in [4.78, 5) is 0. The number of benzene rings is 3. The summed E-state index contributed by atoms with van der Waals surface area (Å²) in [5, 5.41) is 13.3. The van der Waals surface area contributed by atoms with Gasteiger partial charge in [-0.15, -0.1) is 0 Å². The van der Waals surface area contributed by atoms with Crippen molar-refractivity contribution in [3.8, 4) is 0 Å². The van der Waals surface area contributed by atoms with E-state index < -0.39 is 6.10 Å². The van der Waals surface area contributed by atoms with Crippen molar-refractivity contribution in [1.82, 2.24) is 0 Å². The Balaban J connectivity index is 2.20. The van der Waals surface area contributed by atoms with Gasteiger partial charge in [0.15, 0.2) is 0 Å². The third-order valence-electron chi connectivity index (χ3n) is 3.40. The van der Waals surface area contributed by atoms with Gasteiger partial charge in [-0.3, -0.25) is 0 Å². The first-order valence-corrected chi connectivity index (χ1v) is 7.45. The van der Waals surface area contributed by atoms with E-state index >= 15 is 0 Å². The molecule has 0 heterocycles. The summed E-state index contributed by atoms with van der Waals surface area (Å²) in [5.74, 6) is 0. The number of aliphatic hydroxyl groups excluding tert-OH is 1. The average molecular weight is 348 g/mol. The first-order valence-electron chi connectivity index (χ1n) is 6.28. The second-order valence-electron chi connectivity index (χ2n) is 4.61. The molecule has 0 aromatic heterocycles. The monoisotopic (exact) mass is 346 g/mol. The molecule has 0 aliphatic rings. The Hall–Kier alpha value is -1.35. The molecule has 3 rings (SSSR count). The van der Waals surface area contributed by atoms with Crippen LogP contribution < -0.4 is 0 Å². The highest BCUT2D eigenvalue weighted by molar-refractivity contribution is 9.10. The second-order valence-corrected chi connectivity index (χ2v) is 5.87. The van der Waals surface area contributed by atoms with E-state index in [1.54, 1.807) is 6.07 Å². The van der Waals surface area contributed by atoms with Gasteiger partial charge >= 0.3 is 0 Å². The van der Waals surface area contributed by atoms with Gasteiger partial charge in [-0.2, -0.15) is 0 Å². The van der Waals surface area contributed by atoms with Crippen LogP contribution in [0.4, 0.5) is 0 Å². The molecule has 0 saturated heterocycles. The zero-order valence-corrected chi connectivity index (χ0v) is 12.9. The molecular formula is C17H12BrClO. The van der Waals surface area contributed by atoms with Crippen LogP contribution in [0.25, 0.3) is 10.8 Å². The van der Waals surface area contributed by atoms with E-state index in [1.165, 1.54) is 0 Å². The summed E-state index contributed by atoms with van der Waals surface area (Å²) in [5.41, 5.74) is 1.58. The quantitative estimate of drug-likeness (QED) is 0.663. The lowest BCUT2D eigenvalue weighted by molar-refractivity contribution is 0.222. The van der Waals surface area contributed by atoms with Crippen LogP contribution in [0.2, 0.25) is 5.02 Å². The molecule has 3 aromatic carbocycles. The molecule has 0 aliphatic carbocycles. The van der Waals surface area contributed by atoms with Crippen LogP contribution in [-0.4, -0.2) is 5.11 Å². The van der Waals surface area contributed by atoms with Crippen molar-refractivity contribution in [3.05, 3.63) is 81.3 Å². The number of fused-ring (bicyclic) bond motifs is 1. The molecule has 1 N–H and O–H groups in total. The summed E-state index contributed by atoms with van der Waals surface area (Å²) in [7, 11) is 0. The molecule has 0 spiro atoms. The molecule has 1 unspecified atom stereocenters. The third kappa shape index (κ3) is 2.35. The largest absolute Gasteiger partial charge is 0.384 e. The molecule has 0 radical (unpaired) electrons. The molecule has 1 nitrogen and oxygen atoms in total. The highest BCUT2D eigenvalue weighted by atomic mass is 79.9. The Labute approximate surface area is 131 Å². The van der Waals surface area contributed by atoms with Crippen molar-refractivity contribution in [2.75, 3.05) is 0 Å². The molecule has 0 saturated carbocycles. The number of rotatable bonds is 2. The van der Waals surface area contributed by atoms with Gasteiger partial charge in [-0.05, 0) is 28.5 Å². The van der Waals surface area contributed by atoms with Crippen molar-refractivity contribution in [2.24, 2.45) is 0 Å². The first kappa shape index (κ1) is 13.6. The zero-order valence-electron chi connectivity index (χ0n) is 10.6. The summed E-state index contributed by atoms with van der Waals surface area (Å²) < 4.78 is 1.02. The van der Waals surface area contributed by atoms with Gasteiger partial charge in [0.05, 0.1) is 0 Å². The van der Waals surface area contributed by atoms with Gasteiger partial charge in [-0.1, -0.05) is 76.1 Å². The first-order chi connectivity index (χ1) is 9.68. The van der Waals surface area contributed by atoms with E-state index in [-0.39, 0.29) is 0 Å². The number of hydrogen-bond donors (Lipinski definition) is 1. The van der Waals surface area contributed by atoms with Gasteiger partial charge in [0.25, 0.3) is 0 Å². The minimum absolute atomic E-state index is 0.576. The van der Waals surface area contributed by atoms with Gasteiger partial charge in [-0.25, -0.2) is 0 Å². The summed E-state index contributed by atoms with van der Waals surface area (Å²) >= 11 is 9.73. The Bertz CT molecular complexity index is 770. The predicted octanol–water partition coefficient (Wildman–Crippen LogP) is 5.34. The van der Waals surface area contributed by atoms with Crippen LogP contribution >= 0.6 is 27.5 Å². The van der Waals surface area contributed by atoms with Crippen molar-refractivity contribution in [1.29, 1.82) is 0 Å². The molecule has 100 valence electrons. The maximum absolute atomic E-state index is 10.7. The summed E-state index contributed by atoms with van der Waals surface area (Å²) in [6.07, 6.45) is -0.735. The molecule has 0 fully saturated rings. The Morgan fingerprint density at radius 2 is 1.45 bits per heavy atom. The summed E-state index contributed by atoms with van der Waals surface area (Å²) in [6, 6.07) is 19.3. The van der Waals surface area contributed by atoms with Gasteiger partial charge in [0, 0.05) is 15.1 Å². The summed E-state index contributed by atoms with van der Waals surface area (Å²) in [6.45, 7) is 0. The Morgan fingerprint density at radius 1 is 0.800 bits per heavy atom. The minimum Gasteiger partial charge on any atom is -0.384 e. The van der Waals surface area contributed by atoms with Crippen molar-refractivity contribution < 1.29 is 5.11 Å². The molecule has 20 heavy (non-hydrogen) atoms. The molecule has 0 amide bonds. The van der Waals surface area contributed by atoms with Crippen molar-refractivity contribution >= 4 is 38.3 Å². The van der Waals surface area contributed by atoms with E-state index in [0.29, 0.717) is 5.02 Å². The fraction of sp³-hybridized carbons (Fsp3) is 0.0588. The van der Waals surface area contributed by atoms with Gasteiger partial charge in [0.2, 0.25) is 0 Å². The smallest absolute Gasteiger partial charge is 0.106 e. The molecule has 3 aromatic rings. The Morgan fingerprint density at radius 3 is 2.20 bits per heavy atom. The number of aliphatic hydroxyl groups is 1. The number of hydrogen-bond acceptors (Lipinski definition) is 1. The lowest BCUT2D eigenvalue weighted by atomic mass is 9.96. The fourth-order valence-corrected chi connectivity index (χ4v) is 3.11. The Kier molecular flexibility index (Phi) is 3.79. The van der Waals surface area contributed by atoms with Gasteiger partial charge < -0.3 is 5.11 Å². The lowest BCUT2D eigenvalue weighted by Crippen LogP contribution is -2.01. The van der Waals surface area contributed by atoms with E-state index in [2.05, 4.69) is 15.9 Å². The maximum Gasteiger partial charge on any atom is 0.106 e. The zero-order chi connectivity index (χ0) is 14.1. The molecule has 1 atom stereocenters. The second kappa shape index (κ2) is 5.57. The van der Waals surface area contributed by atoms with Crippen LogP contribution in [0.3, 0.4) is 0 Å². The van der Waals surface area contributed by atoms with E-state index in [0.717, 1.165) is 26.4 Å². The van der Waals surface area contributed by atoms with Crippen molar-refractivity contribution in [3.63, 3.8) is 0 Å². The van der Waals surface area contributed by atoms with Crippen LogP contribution in [0.5, 0.6) is 0 Å². The molecule has 0 bridgehead atoms. The van der Waals surface area contributed by atoms with Crippen LogP contribution in [0.15, 0.2) is 65.1 Å². The third-order valence-corrected chi connectivity index (χ3v) is 4.43. The highest BCUT2D eigenvalue weighted by Crippen LogP contribution is 2.35.